The molecule has 1 aliphatic heterocycles. The number of nitrogens with zero attached hydrogens (tertiary/aromatic N) is 3. The van der Waals surface area contributed by atoms with E-state index in [1.807, 2.05) is 50.2 Å². The van der Waals surface area contributed by atoms with Crippen molar-refractivity contribution in [3.05, 3.63) is 66.0 Å². The quantitative estimate of drug-likeness (QED) is 0.468. The minimum absolute atomic E-state index is 0.0575. The van der Waals surface area contributed by atoms with Gasteiger partial charge in [-0.15, -0.1) is 0 Å². The van der Waals surface area contributed by atoms with Gasteiger partial charge in [0.2, 0.25) is 5.89 Å². The van der Waals surface area contributed by atoms with E-state index < -0.39 is 9.84 Å². The predicted octanol–water partition coefficient (Wildman–Crippen LogP) is 4.43. The number of benzene rings is 2. The Hall–Kier alpha value is -3.46. The van der Waals surface area contributed by atoms with Crippen molar-refractivity contribution in [1.29, 1.82) is 0 Å². The molecule has 170 valence electrons. The van der Waals surface area contributed by atoms with Crippen LogP contribution in [0.15, 0.2) is 59.0 Å². The summed E-state index contributed by atoms with van der Waals surface area (Å²) in [5.41, 5.74) is 3.90. The van der Waals surface area contributed by atoms with E-state index in [0.29, 0.717) is 23.6 Å². The first-order valence-electron chi connectivity index (χ1n) is 10.9. The highest BCUT2D eigenvalue weighted by atomic mass is 32.2. The molecule has 0 unspecified atom stereocenters. The van der Waals surface area contributed by atoms with Crippen LogP contribution in [0.1, 0.15) is 48.4 Å². The van der Waals surface area contributed by atoms with Gasteiger partial charge in [0.05, 0.1) is 17.5 Å². The molecule has 4 aromatic rings. The molecule has 2 aromatic heterocycles. The standard InChI is InChI=1S/C24H24N4O4S/c1-15(2)21-13-20(27-28(21)18-10-11-33(30,31)14-18)23(29)25-17-7-5-6-16(12-17)24-26-19-8-3-4-9-22(19)32-24/h3-9,12-13,15,18H,10-11,14H2,1-2H3,(H,25,29)/t18-/m1/s1. The van der Waals surface area contributed by atoms with E-state index in [9.17, 15) is 13.2 Å². The van der Waals surface area contributed by atoms with E-state index in [4.69, 9.17) is 4.42 Å². The average Bonchev–Trinajstić information content (AvgIpc) is 3.49. The number of hydrogen-bond donors (Lipinski definition) is 1. The van der Waals surface area contributed by atoms with Crippen LogP contribution >= 0.6 is 0 Å². The van der Waals surface area contributed by atoms with Gasteiger partial charge in [-0.1, -0.05) is 32.0 Å². The number of hydrogen-bond acceptors (Lipinski definition) is 6. The van der Waals surface area contributed by atoms with Crippen LogP contribution in [0.4, 0.5) is 5.69 Å². The molecule has 1 N–H and O–H groups in total. The second kappa shape index (κ2) is 8.15. The van der Waals surface area contributed by atoms with Gasteiger partial charge in [-0.2, -0.15) is 5.10 Å². The lowest BCUT2D eigenvalue weighted by Crippen LogP contribution is -2.17. The molecule has 3 heterocycles. The number of nitrogens with one attached hydrogen (secondary N) is 1. The summed E-state index contributed by atoms with van der Waals surface area (Å²) in [6, 6.07) is 16.3. The summed E-state index contributed by atoms with van der Waals surface area (Å²) in [7, 11) is -3.06. The fraction of sp³-hybridized carbons (Fsp3) is 0.292. The van der Waals surface area contributed by atoms with E-state index in [2.05, 4.69) is 15.4 Å². The van der Waals surface area contributed by atoms with E-state index >= 15 is 0 Å². The van der Waals surface area contributed by atoms with Crippen LogP contribution in [-0.2, 0) is 9.84 Å². The van der Waals surface area contributed by atoms with Crippen LogP contribution < -0.4 is 5.32 Å². The first-order valence-corrected chi connectivity index (χ1v) is 12.7. The number of anilines is 1. The van der Waals surface area contributed by atoms with E-state index in [0.717, 1.165) is 16.8 Å². The molecular weight excluding hydrogens is 440 g/mol. The van der Waals surface area contributed by atoms with Crippen LogP contribution in [0.25, 0.3) is 22.6 Å². The number of oxazole rings is 1. The molecule has 8 nitrogen and oxygen atoms in total. The molecule has 2 aromatic carbocycles. The minimum Gasteiger partial charge on any atom is -0.436 e. The van der Waals surface area contributed by atoms with Gasteiger partial charge in [-0.3, -0.25) is 9.48 Å². The third-order valence-electron chi connectivity index (χ3n) is 5.80. The minimum atomic E-state index is -3.06. The SMILES string of the molecule is CC(C)c1cc(C(=O)Nc2cccc(-c3nc4ccccc4o3)c2)nn1[C@@H]1CCS(=O)(=O)C1. The van der Waals surface area contributed by atoms with Gasteiger partial charge in [0.25, 0.3) is 5.91 Å². The molecule has 1 saturated heterocycles. The number of rotatable bonds is 5. The molecule has 9 heteroatoms. The smallest absolute Gasteiger partial charge is 0.276 e. The lowest BCUT2D eigenvalue weighted by atomic mass is 10.1. The van der Waals surface area contributed by atoms with Crippen molar-refractivity contribution in [2.75, 3.05) is 16.8 Å². The highest BCUT2D eigenvalue weighted by Crippen LogP contribution is 2.29. The second-order valence-electron chi connectivity index (χ2n) is 8.63. The molecule has 0 bridgehead atoms. The number of amides is 1. The second-order valence-corrected chi connectivity index (χ2v) is 10.9. The number of carbonyl (C=O) groups excluding carboxylic acids is 1. The van der Waals surface area contributed by atoms with Crippen molar-refractivity contribution >= 4 is 32.5 Å². The Morgan fingerprint density at radius 2 is 1.97 bits per heavy atom. The molecule has 5 rings (SSSR count). The van der Waals surface area contributed by atoms with Crippen molar-refractivity contribution < 1.29 is 17.6 Å². The highest BCUT2D eigenvalue weighted by molar-refractivity contribution is 7.91. The Morgan fingerprint density at radius 3 is 2.70 bits per heavy atom. The lowest BCUT2D eigenvalue weighted by Gasteiger charge is -2.15. The van der Waals surface area contributed by atoms with Gasteiger partial charge in [0.1, 0.15) is 5.52 Å². The van der Waals surface area contributed by atoms with Crippen molar-refractivity contribution in [2.45, 2.75) is 32.2 Å². The first-order chi connectivity index (χ1) is 15.8. The van der Waals surface area contributed by atoms with E-state index in [1.165, 1.54) is 0 Å². The maximum absolute atomic E-state index is 13.0. The molecule has 1 atom stereocenters. The maximum Gasteiger partial charge on any atom is 0.276 e. The van der Waals surface area contributed by atoms with Crippen LogP contribution in [-0.4, -0.2) is 40.6 Å². The maximum atomic E-state index is 13.0. The van der Waals surface area contributed by atoms with Gasteiger partial charge in [-0.05, 0) is 48.7 Å². The fourth-order valence-corrected chi connectivity index (χ4v) is 5.82. The summed E-state index contributed by atoms with van der Waals surface area (Å²) in [6.45, 7) is 4.00. The topological polar surface area (TPSA) is 107 Å². The van der Waals surface area contributed by atoms with E-state index in [-0.39, 0.29) is 35.1 Å². The summed E-state index contributed by atoms with van der Waals surface area (Å²) in [5.74, 6) is 0.429. The zero-order chi connectivity index (χ0) is 23.2. The van der Waals surface area contributed by atoms with Crippen molar-refractivity contribution in [1.82, 2.24) is 14.8 Å². The summed E-state index contributed by atoms with van der Waals surface area (Å²) in [4.78, 5) is 17.5. The largest absolute Gasteiger partial charge is 0.436 e. The third-order valence-corrected chi connectivity index (χ3v) is 7.55. The summed E-state index contributed by atoms with van der Waals surface area (Å²) in [6.07, 6.45) is 0.511. The van der Waals surface area contributed by atoms with Crippen molar-refractivity contribution in [3.8, 4) is 11.5 Å². The van der Waals surface area contributed by atoms with Crippen LogP contribution in [0.3, 0.4) is 0 Å². The van der Waals surface area contributed by atoms with Gasteiger partial charge in [0, 0.05) is 16.9 Å². The normalized spacial score (nSPS) is 17.6. The molecule has 1 fully saturated rings. The summed E-state index contributed by atoms with van der Waals surface area (Å²) >= 11 is 0. The molecule has 0 aliphatic carbocycles. The monoisotopic (exact) mass is 464 g/mol. The number of aromatic nitrogens is 3. The fourth-order valence-electron chi connectivity index (χ4n) is 4.13. The Morgan fingerprint density at radius 1 is 1.15 bits per heavy atom. The number of carbonyl (C=O) groups is 1. The van der Waals surface area contributed by atoms with Gasteiger partial charge < -0.3 is 9.73 Å². The Balaban J connectivity index is 1.40. The molecule has 33 heavy (non-hydrogen) atoms. The number of fused-ring (bicyclic) bond motifs is 1. The van der Waals surface area contributed by atoms with Crippen LogP contribution in [0.5, 0.6) is 0 Å². The molecular formula is C24H24N4O4S. The Labute approximate surface area is 191 Å². The molecule has 1 aliphatic rings. The van der Waals surface area contributed by atoms with Crippen LogP contribution in [0, 0.1) is 0 Å². The Bertz CT molecular complexity index is 1420. The van der Waals surface area contributed by atoms with Gasteiger partial charge >= 0.3 is 0 Å². The molecule has 0 saturated carbocycles. The first kappa shape index (κ1) is 21.4. The third kappa shape index (κ3) is 4.28. The zero-order valence-corrected chi connectivity index (χ0v) is 19.2. The average molecular weight is 465 g/mol. The molecule has 0 radical (unpaired) electrons. The summed E-state index contributed by atoms with van der Waals surface area (Å²) < 4.78 is 31.5. The summed E-state index contributed by atoms with van der Waals surface area (Å²) in [5, 5.41) is 7.38. The molecule has 1 amide bonds. The van der Waals surface area contributed by atoms with Gasteiger partial charge in [0.15, 0.2) is 21.1 Å². The van der Waals surface area contributed by atoms with E-state index in [1.54, 1.807) is 22.9 Å². The lowest BCUT2D eigenvalue weighted by molar-refractivity contribution is 0.102. The molecule has 0 spiro atoms. The van der Waals surface area contributed by atoms with Crippen molar-refractivity contribution in [2.24, 2.45) is 0 Å². The zero-order valence-electron chi connectivity index (χ0n) is 18.4. The van der Waals surface area contributed by atoms with Crippen LogP contribution in [0.2, 0.25) is 0 Å². The number of para-hydroxylation sites is 2. The van der Waals surface area contributed by atoms with Crippen molar-refractivity contribution in [3.63, 3.8) is 0 Å². The highest BCUT2D eigenvalue weighted by Gasteiger charge is 2.32. The number of sulfone groups is 1. The Kier molecular flexibility index (Phi) is 5.28. The van der Waals surface area contributed by atoms with Gasteiger partial charge in [-0.25, -0.2) is 13.4 Å². The predicted molar refractivity (Wildman–Crippen MR) is 126 cm³/mol.